The highest BCUT2D eigenvalue weighted by Gasteiger charge is 2.38. The number of benzene rings is 2. The lowest BCUT2D eigenvalue weighted by molar-refractivity contribution is -0.142. The van der Waals surface area contributed by atoms with E-state index in [4.69, 9.17) is 25.9 Å². The van der Waals surface area contributed by atoms with Gasteiger partial charge in [0.1, 0.15) is 17.1 Å². The van der Waals surface area contributed by atoms with Crippen LogP contribution in [-0.4, -0.2) is 33.7 Å². The van der Waals surface area contributed by atoms with E-state index in [0.717, 1.165) is 6.92 Å². The van der Waals surface area contributed by atoms with Crippen LogP contribution in [0.1, 0.15) is 21.6 Å². The van der Waals surface area contributed by atoms with Crippen molar-refractivity contribution in [2.75, 3.05) is 18.7 Å². The van der Waals surface area contributed by atoms with Gasteiger partial charge in [0.25, 0.3) is 11.8 Å². The van der Waals surface area contributed by atoms with Crippen LogP contribution in [-0.2, 0) is 15.9 Å². The van der Waals surface area contributed by atoms with Crippen LogP contribution in [0.2, 0.25) is 5.02 Å². The molecule has 3 aromatic rings. The molecule has 0 aliphatic rings. The number of nitrogens with zero attached hydrogens (tertiary/aromatic N) is 2. The van der Waals surface area contributed by atoms with Gasteiger partial charge in [-0.2, -0.15) is 13.2 Å². The number of hydrogen-bond donors (Lipinski definition) is 2. The molecule has 0 radical (unpaired) electrons. The lowest BCUT2D eigenvalue weighted by Crippen LogP contribution is -2.21. The number of hydrogen-bond acceptors (Lipinski definition) is 7. The van der Waals surface area contributed by atoms with Crippen molar-refractivity contribution in [3.63, 3.8) is 0 Å². The van der Waals surface area contributed by atoms with Gasteiger partial charge in [-0.15, -0.1) is 10.2 Å². The van der Waals surface area contributed by atoms with Crippen LogP contribution in [0.4, 0.5) is 18.9 Å². The largest absolute Gasteiger partial charge is 0.495 e. The summed E-state index contributed by atoms with van der Waals surface area (Å²) in [5, 5.41) is 9.41. The van der Waals surface area contributed by atoms with E-state index in [1.165, 1.54) is 55.8 Å². The molecule has 180 valence electrons. The first-order valence-electron chi connectivity index (χ1n) is 9.42. The highest BCUT2D eigenvalue weighted by atomic mass is 35.5. The smallest absolute Gasteiger partial charge is 0.435 e. The Bertz CT molecular complexity index is 1360. The monoisotopic (exact) mass is 514 g/mol. The average Bonchev–Trinajstić information content (AvgIpc) is 2.73. The number of carbonyl (C=O) groups is 1. The number of methoxy groups -OCH3 is 1. The van der Waals surface area contributed by atoms with Gasteiger partial charge in [0.2, 0.25) is 0 Å². The third kappa shape index (κ3) is 5.57. The summed E-state index contributed by atoms with van der Waals surface area (Å²) < 4.78 is 70.7. The third-order valence-electron chi connectivity index (χ3n) is 4.56. The summed E-state index contributed by atoms with van der Waals surface area (Å²) in [6, 6.07) is 9.85. The maximum atomic E-state index is 13.4. The first kappa shape index (κ1) is 25.2. The fraction of sp³-hybridized carbons (Fsp3) is 0.190. The van der Waals surface area contributed by atoms with Gasteiger partial charge in [-0.3, -0.25) is 4.79 Å². The molecular weight excluding hydrogens is 497 g/mol. The van der Waals surface area contributed by atoms with Crippen LogP contribution in [0, 0.1) is 11.7 Å². The number of anilines is 1. The standard InChI is InChI=1S/C21H18ClF3N4O4S/c1-11-17(19(30)27-12-5-4-6-14(9-12)34(3,26)31)20(29-28-18(11)21(23,24)25)33-13-7-8-15(22)16(10-13)32-2/h4-10,26H,1-3H3,(H,27,30). The molecule has 34 heavy (non-hydrogen) atoms. The first-order valence-corrected chi connectivity index (χ1v) is 11.8. The van der Waals surface area contributed by atoms with Crippen LogP contribution in [0.5, 0.6) is 17.4 Å². The Balaban J connectivity index is 2.07. The van der Waals surface area contributed by atoms with Crippen molar-refractivity contribution >= 4 is 32.9 Å². The van der Waals surface area contributed by atoms with Crippen LogP contribution in [0.25, 0.3) is 0 Å². The van der Waals surface area contributed by atoms with Crippen molar-refractivity contribution in [2.24, 2.45) is 0 Å². The summed E-state index contributed by atoms with van der Waals surface area (Å²) in [6.07, 6.45) is -3.67. The van der Waals surface area contributed by atoms with Crippen molar-refractivity contribution in [1.82, 2.24) is 10.2 Å². The number of halogens is 4. The number of amides is 1. The van der Waals surface area contributed by atoms with Gasteiger partial charge in [-0.05, 0) is 42.8 Å². The van der Waals surface area contributed by atoms with E-state index in [1.54, 1.807) is 0 Å². The van der Waals surface area contributed by atoms with Crippen molar-refractivity contribution in [3.05, 3.63) is 64.3 Å². The Morgan fingerprint density at radius 3 is 2.50 bits per heavy atom. The molecule has 1 heterocycles. The molecular formula is C21H18ClF3N4O4S. The molecule has 2 N–H and O–H groups in total. The fourth-order valence-corrected chi connectivity index (χ4v) is 3.82. The number of carbonyl (C=O) groups excluding carboxylic acids is 1. The zero-order valence-corrected chi connectivity index (χ0v) is 19.6. The van der Waals surface area contributed by atoms with E-state index in [9.17, 15) is 22.2 Å². The third-order valence-corrected chi connectivity index (χ3v) is 6.02. The summed E-state index contributed by atoms with van der Waals surface area (Å²) in [5.41, 5.74) is -2.25. The van der Waals surface area contributed by atoms with Crippen LogP contribution in [0.3, 0.4) is 0 Å². The molecule has 13 heteroatoms. The minimum atomic E-state index is -4.87. The Kier molecular flexibility index (Phi) is 7.03. The summed E-state index contributed by atoms with van der Waals surface area (Å²) >= 11 is 5.98. The van der Waals surface area contributed by atoms with Gasteiger partial charge in [-0.1, -0.05) is 17.7 Å². The average molecular weight is 515 g/mol. The SMILES string of the molecule is COc1cc(Oc2nnc(C(F)(F)F)c(C)c2C(=O)Nc2cccc(S(C)(=N)=O)c2)ccc1Cl. The predicted molar refractivity (Wildman–Crippen MR) is 119 cm³/mol. The highest BCUT2D eigenvalue weighted by molar-refractivity contribution is 7.91. The zero-order valence-electron chi connectivity index (χ0n) is 18.0. The minimum absolute atomic E-state index is 0.0886. The quantitative estimate of drug-likeness (QED) is 0.446. The van der Waals surface area contributed by atoms with E-state index in [0.29, 0.717) is 0 Å². The molecule has 0 saturated heterocycles. The lowest BCUT2D eigenvalue weighted by Gasteiger charge is -2.16. The zero-order chi connectivity index (χ0) is 25.3. The molecule has 1 aromatic heterocycles. The number of rotatable bonds is 6. The van der Waals surface area contributed by atoms with E-state index < -0.39 is 44.5 Å². The fourth-order valence-electron chi connectivity index (χ4n) is 2.93. The Morgan fingerprint density at radius 2 is 1.88 bits per heavy atom. The van der Waals surface area contributed by atoms with Gasteiger partial charge >= 0.3 is 6.18 Å². The van der Waals surface area contributed by atoms with E-state index in [2.05, 4.69) is 15.5 Å². The normalized spacial score (nSPS) is 13.1. The van der Waals surface area contributed by atoms with Gasteiger partial charge in [0.05, 0.1) is 21.9 Å². The minimum Gasteiger partial charge on any atom is -0.495 e. The van der Waals surface area contributed by atoms with Crippen molar-refractivity contribution < 1.29 is 31.6 Å². The van der Waals surface area contributed by atoms with Crippen molar-refractivity contribution in [2.45, 2.75) is 18.0 Å². The molecule has 2 aromatic carbocycles. The maximum Gasteiger partial charge on any atom is 0.435 e. The van der Waals surface area contributed by atoms with Crippen molar-refractivity contribution in [3.8, 4) is 17.4 Å². The van der Waals surface area contributed by atoms with Crippen molar-refractivity contribution in [1.29, 1.82) is 4.78 Å². The van der Waals surface area contributed by atoms with E-state index in [1.807, 2.05) is 0 Å². The second-order valence-electron chi connectivity index (χ2n) is 7.08. The van der Waals surface area contributed by atoms with Gasteiger partial charge in [0.15, 0.2) is 5.69 Å². The summed E-state index contributed by atoms with van der Waals surface area (Å²) in [7, 11) is -1.72. The molecule has 0 bridgehead atoms. The second-order valence-corrected chi connectivity index (χ2v) is 9.64. The van der Waals surface area contributed by atoms with E-state index >= 15 is 0 Å². The Morgan fingerprint density at radius 1 is 1.18 bits per heavy atom. The number of aromatic nitrogens is 2. The van der Waals surface area contributed by atoms with Crippen LogP contribution >= 0.6 is 11.6 Å². The van der Waals surface area contributed by atoms with Crippen LogP contribution < -0.4 is 14.8 Å². The molecule has 8 nitrogen and oxygen atoms in total. The van der Waals surface area contributed by atoms with Gasteiger partial charge < -0.3 is 14.8 Å². The van der Waals surface area contributed by atoms with Gasteiger partial charge in [-0.25, -0.2) is 8.99 Å². The molecule has 1 amide bonds. The predicted octanol–water partition coefficient (Wildman–Crippen LogP) is 5.55. The molecule has 0 fully saturated rings. The highest BCUT2D eigenvalue weighted by Crippen LogP contribution is 2.36. The lowest BCUT2D eigenvalue weighted by atomic mass is 10.1. The summed E-state index contributed by atoms with van der Waals surface area (Å²) in [6.45, 7) is 1.07. The van der Waals surface area contributed by atoms with Crippen LogP contribution in [0.15, 0.2) is 47.4 Å². The molecule has 1 atom stereocenters. The van der Waals surface area contributed by atoms with E-state index in [-0.39, 0.29) is 27.1 Å². The maximum absolute atomic E-state index is 13.4. The number of alkyl halides is 3. The molecule has 3 rings (SSSR count). The Labute approximate surface area is 198 Å². The molecule has 0 aliphatic heterocycles. The first-order chi connectivity index (χ1) is 15.8. The summed E-state index contributed by atoms with van der Waals surface area (Å²) in [5.74, 6) is -1.13. The number of ether oxygens (including phenoxy) is 2. The second kappa shape index (κ2) is 9.47. The molecule has 1 unspecified atom stereocenters. The summed E-state index contributed by atoms with van der Waals surface area (Å²) in [4.78, 5) is 13.2. The number of nitrogens with one attached hydrogen (secondary N) is 2. The molecule has 0 aliphatic carbocycles. The molecule has 0 saturated carbocycles. The molecule has 0 spiro atoms. The topological polar surface area (TPSA) is 114 Å². The van der Waals surface area contributed by atoms with Gasteiger partial charge in [0, 0.05) is 22.9 Å². The Hall–Kier alpha value is -3.38.